The van der Waals surface area contributed by atoms with E-state index in [1.165, 1.54) is 32.6 Å². The molecule has 0 N–H and O–H groups in total. The van der Waals surface area contributed by atoms with Crippen molar-refractivity contribution >= 4 is 35.5 Å². The van der Waals surface area contributed by atoms with Gasteiger partial charge in [-0.3, -0.25) is 0 Å². The lowest BCUT2D eigenvalue weighted by Gasteiger charge is -2.12. The molecule has 2 aromatic rings. The number of aliphatic imine (C=N–C) groups is 1. The van der Waals surface area contributed by atoms with E-state index in [0.29, 0.717) is 11.3 Å². The Bertz CT molecular complexity index is 931. The fourth-order valence-electron chi connectivity index (χ4n) is 2.23. The summed E-state index contributed by atoms with van der Waals surface area (Å²) in [6, 6.07) is 6.41. The van der Waals surface area contributed by atoms with Crippen molar-refractivity contribution in [3.05, 3.63) is 52.6 Å². The van der Waals surface area contributed by atoms with Crippen molar-refractivity contribution in [2.75, 3.05) is 20.8 Å². The second kappa shape index (κ2) is 7.96. The predicted octanol–water partition coefficient (Wildman–Crippen LogP) is 2.84. The fraction of sp³-hybridized carbons (Fsp3) is 0.167. The molecular weight excluding hydrogens is 378 g/mol. The Kier molecular flexibility index (Phi) is 5.46. The molecule has 2 heterocycles. The summed E-state index contributed by atoms with van der Waals surface area (Å²) in [5.74, 6) is -0.308. The number of methoxy groups -OCH3 is 2. The molecule has 8 nitrogen and oxygen atoms in total. The largest absolute Gasteiger partial charge is 0.493 e. The van der Waals surface area contributed by atoms with Crippen LogP contribution in [0.5, 0.6) is 11.5 Å². The first kappa shape index (κ1) is 18.5. The van der Waals surface area contributed by atoms with Gasteiger partial charge in [0.15, 0.2) is 29.6 Å². The van der Waals surface area contributed by atoms with Crippen molar-refractivity contribution in [1.29, 1.82) is 0 Å². The summed E-state index contributed by atoms with van der Waals surface area (Å²) in [4.78, 5) is 27.4. The summed E-state index contributed by atoms with van der Waals surface area (Å²) in [5, 5.41) is 0.187. The lowest BCUT2D eigenvalue weighted by molar-refractivity contribution is -0.143. The first-order valence-corrected chi connectivity index (χ1v) is 8.03. The first-order chi connectivity index (χ1) is 13.0. The van der Waals surface area contributed by atoms with E-state index in [4.69, 9.17) is 30.2 Å². The maximum Gasteiger partial charge on any atom is 0.363 e. The van der Waals surface area contributed by atoms with Crippen LogP contribution in [0.1, 0.15) is 11.3 Å². The summed E-state index contributed by atoms with van der Waals surface area (Å²) in [7, 11) is 2.67. The van der Waals surface area contributed by atoms with Crippen molar-refractivity contribution in [2.45, 2.75) is 0 Å². The number of carbonyl (C=O) groups excluding carboxylic acids is 2. The van der Waals surface area contributed by atoms with E-state index in [0.717, 1.165) is 0 Å². The average Bonchev–Trinajstić information content (AvgIpc) is 3.30. The molecule has 0 aliphatic carbocycles. The molecule has 0 unspecified atom stereocenters. The van der Waals surface area contributed by atoms with Crippen LogP contribution in [0.25, 0.3) is 6.08 Å². The number of furan rings is 1. The number of benzene rings is 1. The Morgan fingerprint density at radius 2 is 2.15 bits per heavy atom. The standard InChI is InChI=1S/C18H14ClNO7/c1-23-14-8-10(6-11(19)16(14)26-9-15(21)24-2)7-12-18(22)27-17(20-12)13-4-3-5-25-13/h3-8H,9H2,1-2H3/b12-7+. The van der Waals surface area contributed by atoms with Crippen molar-refractivity contribution in [3.8, 4) is 11.5 Å². The highest BCUT2D eigenvalue weighted by atomic mass is 35.5. The van der Waals surface area contributed by atoms with Gasteiger partial charge in [0, 0.05) is 0 Å². The van der Waals surface area contributed by atoms with Crippen molar-refractivity contribution in [1.82, 2.24) is 0 Å². The molecular formula is C18H14ClNO7. The van der Waals surface area contributed by atoms with E-state index in [1.54, 1.807) is 18.2 Å². The predicted molar refractivity (Wildman–Crippen MR) is 94.8 cm³/mol. The van der Waals surface area contributed by atoms with Gasteiger partial charge in [-0.25, -0.2) is 14.6 Å². The van der Waals surface area contributed by atoms with Gasteiger partial charge in [0.1, 0.15) is 0 Å². The lowest BCUT2D eigenvalue weighted by Crippen LogP contribution is -2.13. The zero-order chi connectivity index (χ0) is 19.4. The summed E-state index contributed by atoms with van der Waals surface area (Å²) >= 11 is 6.22. The molecule has 3 rings (SSSR count). The van der Waals surface area contributed by atoms with Gasteiger partial charge in [0.25, 0.3) is 5.90 Å². The first-order valence-electron chi connectivity index (χ1n) is 7.65. The highest BCUT2D eigenvalue weighted by molar-refractivity contribution is 6.32. The number of esters is 2. The van der Waals surface area contributed by atoms with Crippen molar-refractivity contribution in [3.63, 3.8) is 0 Å². The SMILES string of the molecule is COC(=O)COc1c(Cl)cc(/C=C2/N=C(c3ccco3)OC2=O)cc1OC. The van der Waals surface area contributed by atoms with Crippen LogP contribution in [0, 0.1) is 0 Å². The number of halogens is 1. The molecule has 27 heavy (non-hydrogen) atoms. The number of hydrogen-bond acceptors (Lipinski definition) is 8. The molecule has 1 aliphatic rings. The topological polar surface area (TPSA) is 96.6 Å². The zero-order valence-corrected chi connectivity index (χ0v) is 15.1. The summed E-state index contributed by atoms with van der Waals surface area (Å²) < 4.78 is 25.4. The molecule has 0 saturated carbocycles. The van der Waals surface area contributed by atoms with Gasteiger partial charge in [-0.2, -0.15) is 0 Å². The lowest BCUT2D eigenvalue weighted by atomic mass is 10.1. The smallest absolute Gasteiger partial charge is 0.363 e. The average molecular weight is 392 g/mol. The third-order valence-electron chi connectivity index (χ3n) is 3.47. The van der Waals surface area contributed by atoms with Crippen LogP contribution in [0.4, 0.5) is 0 Å². The molecule has 0 atom stereocenters. The Morgan fingerprint density at radius 1 is 1.33 bits per heavy atom. The van der Waals surface area contributed by atoms with Crippen LogP contribution in [0.3, 0.4) is 0 Å². The third kappa shape index (κ3) is 4.12. The van der Waals surface area contributed by atoms with E-state index in [1.807, 2.05) is 0 Å². The fourth-order valence-corrected chi connectivity index (χ4v) is 2.50. The monoisotopic (exact) mass is 391 g/mol. The van der Waals surface area contributed by atoms with Crippen LogP contribution in [-0.2, 0) is 19.1 Å². The van der Waals surface area contributed by atoms with Crippen LogP contribution in [0.2, 0.25) is 5.02 Å². The van der Waals surface area contributed by atoms with E-state index in [9.17, 15) is 9.59 Å². The van der Waals surface area contributed by atoms with Gasteiger partial charge in [0.2, 0.25) is 0 Å². The summed E-state index contributed by atoms with van der Waals surface area (Å²) in [6.45, 7) is -0.323. The highest BCUT2D eigenvalue weighted by Gasteiger charge is 2.26. The summed E-state index contributed by atoms with van der Waals surface area (Å²) in [6.07, 6.45) is 2.93. The normalized spacial score (nSPS) is 14.7. The number of ether oxygens (including phenoxy) is 4. The zero-order valence-electron chi connectivity index (χ0n) is 14.4. The number of nitrogens with zero attached hydrogens (tertiary/aromatic N) is 1. The minimum Gasteiger partial charge on any atom is -0.493 e. The van der Waals surface area contributed by atoms with Crippen LogP contribution < -0.4 is 9.47 Å². The minimum atomic E-state index is -0.623. The molecule has 0 spiro atoms. The number of rotatable bonds is 6. The quantitative estimate of drug-likeness (QED) is 0.551. The number of carbonyl (C=O) groups is 2. The maximum atomic E-state index is 12.0. The van der Waals surface area contributed by atoms with Gasteiger partial charge in [0.05, 0.1) is 25.5 Å². The van der Waals surface area contributed by atoms with Gasteiger partial charge >= 0.3 is 11.9 Å². The van der Waals surface area contributed by atoms with Crippen molar-refractivity contribution < 1.29 is 33.0 Å². The molecule has 1 aromatic heterocycles. The van der Waals surface area contributed by atoms with Crippen LogP contribution in [-0.4, -0.2) is 38.7 Å². The molecule has 1 aliphatic heterocycles. The van der Waals surface area contributed by atoms with Crippen LogP contribution in [0.15, 0.2) is 45.6 Å². The molecule has 0 amide bonds. The van der Waals surface area contributed by atoms with E-state index >= 15 is 0 Å². The van der Waals surface area contributed by atoms with E-state index in [2.05, 4.69) is 9.73 Å². The van der Waals surface area contributed by atoms with E-state index < -0.39 is 11.9 Å². The van der Waals surface area contributed by atoms with Gasteiger partial charge < -0.3 is 23.4 Å². The maximum absolute atomic E-state index is 12.0. The second-order valence-electron chi connectivity index (χ2n) is 5.21. The Hall–Kier alpha value is -3.26. The highest BCUT2D eigenvalue weighted by Crippen LogP contribution is 2.37. The molecule has 0 fully saturated rings. The van der Waals surface area contributed by atoms with Gasteiger partial charge in [-0.1, -0.05) is 11.6 Å². The molecule has 140 valence electrons. The Balaban J connectivity index is 1.89. The third-order valence-corrected chi connectivity index (χ3v) is 3.75. The van der Waals surface area contributed by atoms with Gasteiger partial charge in [-0.15, -0.1) is 0 Å². The van der Waals surface area contributed by atoms with E-state index in [-0.39, 0.29) is 34.7 Å². The number of hydrogen-bond donors (Lipinski definition) is 0. The second-order valence-corrected chi connectivity index (χ2v) is 5.62. The molecule has 0 saturated heterocycles. The Labute approximate surface area is 158 Å². The number of cyclic esters (lactones) is 1. The molecule has 0 radical (unpaired) electrons. The molecule has 0 bridgehead atoms. The Morgan fingerprint density at radius 3 is 2.81 bits per heavy atom. The minimum absolute atomic E-state index is 0.0720. The summed E-state index contributed by atoms with van der Waals surface area (Å²) in [5.41, 5.74) is 0.599. The van der Waals surface area contributed by atoms with Crippen LogP contribution >= 0.6 is 11.6 Å². The van der Waals surface area contributed by atoms with Gasteiger partial charge in [-0.05, 0) is 35.9 Å². The molecule has 9 heteroatoms. The van der Waals surface area contributed by atoms with Crippen molar-refractivity contribution in [2.24, 2.45) is 4.99 Å². The molecule has 1 aromatic carbocycles.